The van der Waals surface area contributed by atoms with E-state index < -0.39 is 0 Å². The lowest BCUT2D eigenvalue weighted by Crippen LogP contribution is -2.61. The van der Waals surface area contributed by atoms with Crippen LogP contribution in [-0.4, -0.2) is 11.4 Å². The molecular weight excluding hydrogens is 792 g/mol. The van der Waals surface area contributed by atoms with Gasteiger partial charge in [-0.15, -0.1) is 11.3 Å². The first-order valence-electron chi connectivity index (χ1n) is 23.2. The number of anilines is 2. The molecule has 0 saturated heterocycles. The molecule has 0 saturated carbocycles. The van der Waals surface area contributed by atoms with Crippen molar-refractivity contribution in [2.24, 2.45) is 0 Å². The van der Waals surface area contributed by atoms with E-state index in [-0.39, 0.29) is 23.1 Å². The van der Waals surface area contributed by atoms with E-state index in [4.69, 9.17) is 0 Å². The summed E-state index contributed by atoms with van der Waals surface area (Å²) in [6.07, 6.45) is 0.948. The summed E-state index contributed by atoms with van der Waals surface area (Å²) in [6.45, 7) is 19.0. The number of benzene rings is 8. The molecular formula is C60H49BN2S. The minimum atomic E-state index is -0.245. The molecule has 2 aliphatic carbocycles. The Bertz CT molecular complexity index is 3750. The number of thiophene rings is 1. The van der Waals surface area contributed by atoms with Crippen LogP contribution in [-0.2, 0) is 22.7 Å². The molecule has 0 N–H and O–H groups in total. The van der Waals surface area contributed by atoms with Crippen LogP contribution in [0.15, 0.2) is 140 Å². The Hall–Kier alpha value is -6.36. The monoisotopic (exact) mass is 840 g/mol. The molecule has 0 atom stereocenters. The van der Waals surface area contributed by atoms with Crippen LogP contribution in [0, 0.1) is 0 Å². The first-order chi connectivity index (χ1) is 30.8. The van der Waals surface area contributed by atoms with E-state index in [0.29, 0.717) is 0 Å². The lowest BCUT2D eigenvalue weighted by Gasteiger charge is -2.44. The van der Waals surface area contributed by atoms with Crippen molar-refractivity contribution in [3.05, 3.63) is 173 Å². The Balaban J connectivity index is 1.23. The van der Waals surface area contributed by atoms with Crippen LogP contribution < -0.4 is 15.7 Å². The Morgan fingerprint density at radius 1 is 0.562 bits per heavy atom. The van der Waals surface area contributed by atoms with Crippen molar-refractivity contribution in [2.45, 2.75) is 78.1 Å². The first-order valence-corrected chi connectivity index (χ1v) is 24.0. The molecule has 0 unspecified atom stereocenters. The van der Waals surface area contributed by atoms with Gasteiger partial charge in [-0.25, -0.2) is 0 Å². The number of fused-ring (bicyclic) bond motifs is 19. The summed E-state index contributed by atoms with van der Waals surface area (Å²) in [7, 11) is 0. The van der Waals surface area contributed by atoms with Crippen molar-refractivity contribution in [3.8, 4) is 39.1 Å². The summed E-state index contributed by atoms with van der Waals surface area (Å²) in [5.74, 6) is 0. The van der Waals surface area contributed by atoms with Crippen LogP contribution in [0.25, 0.3) is 81.0 Å². The first kappa shape index (κ1) is 37.1. The van der Waals surface area contributed by atoms with Crippen LogP contribution in [0.4, 0.5) is 11.4 Å². The molecule has 0 bridgehead atoms. The van der Waals surface area contributed by atoms with Gasteiger partial charge in [0.05, 0.1) is 11.0 Å². The number of hydrogen-bond acceptors (Lipinski definition) is 2. The maximum absolute atomic E-state index is 2.76. The molecule has 4 aliphatic rings. The predicted octanol–water partition coefficient (Wildman–Crippen LogP) is 14.9. The Labute approximate surface area is 379 Å². The van der Waals surface area contributed by atoms with Gasteiger partial charge in [0.25, 0.3) is 0 Å². The maximum Gasteiger partial charge on any atom is 0.333 e. The van der Waals surface area contributed by atoms with Crippen LogP contribution in [0.2, 0.25) is 0 Å². The summed E-state index contributed by atoms with van der Waals surface area (Å²) in [5, 5.41) is 5.44. The molecule has 2 aliphatic heterocycles. The molecule has 2 nitrogen and oxygen atoms in total. The third-order valence-corrected chi connectivity index (χ3v) is 16.8. The van der Waals surface area contributed by atoms with E-state index in [9.17, 15) is 0 Å². The highest BCUT2D eigenvalue weighted by Gasteiger charge is 2.50. The molecule has 0 fully saturated rings. The van der Waals surface area contributed by atoms with E-state index in [2.05, 4.69) is 204 Å². The Morgan fingerprint density at radius 2 is 1.28 bits per heavy atom. The lowest BCUT2D eigenvalue weighted by molar-refractivity contribution is 0.590. The van der Waals surface area contributed by atoms with Gasteiger partial charge in [0.1, 0.15) is 0 Å². The Morgan fingerprint density at radius 3 is 2.08 bits per heavy atom. The number of hydrogen-bond donors (Lipinski definition) is 0. The molecule has 308 valence electrons. The molecule has 4 heterocycles. The zero-order valence-corrected chi connectivity index (χ0v) is 38.7. The average Bonchev–Trinajstić information content (AvgIpc) is 4.00. The van der Waals surface area contributed by atoms with Crippen molar-refractivity contribution in [1.82, 2.24) is 4.57 Å². The summed E-state index contributed by atoms with van der Waals surface area (Å²) in [5.41, 5.74) is 25.9. The highest BCUT2D eigenvalue weighted by molar-refractivity contribution is 7.26. The molecule has 14 rings (SSSR count). The second kappa shape index (κ2) is 12.1. The average molecular weight is 841 g/mol. The fourth-order valence-electron chi connectivity index (χ4n) is 12.6. The maximum atomic E-state index is 2.76. The number of aromatic nitrogens is 1. The van der Waals surface area contributed by atoms with E-state index in [1.54, 1.807) is 0 Å². The third kappa shape index (κ3) is 4.62. The lowest BCUT2D eigenvalue weighted by atomic mass is 9.43. The molecule has 0 radical (unpaired) electrons. The van der Waals surface area contributed by atoms with Gasteiger partial charge in [-0.05, 0) is 138 Å². The van der Waals surface area contributed by atoms with Crippen LogP contribution in [0.3, 0.4) is 0 Å². The summed E-state index contributed by atoms with van der Waals surface area (Å²) in [6, 6.07) is 54.8. The number of rotatable bonds is 1. The minimum Gasteiger partial charge on any atom is -0.376 e. The fourth-order valence-corrected chi connectivity index (χ4v) is 13.7. The molecule has 64 heavy (non-hydrogen) atoms. The zero-order chi connectivity index (χ0) is 43.3. The van der Waals surface area contributed by atoms with E-state index in [0.717, 1.165) is 6.42 Å². The molecule has 10 aromatic rings. The van der Waals surface area contributed by atoms with Crippen molar-refractivity contribution in [3.63, 3.8) is 0 Å². The topological polar surface area (TPSA) is 8.17 Å². The standard InChI is InChI=1S/C60H49BN2S/c1-58(2,3)35-21-24-37(25-22-35)63-48-28-34-27-33-15-9-10-16-38(33)41(34)30-44(48)54-55-52(40-18-11-13-19-45(40)60(55,7)8)53-43-29-36(59(4,5)6)23-26-47(43)62-49-32-51-42(39-17-12-14-20-50(39)64-51)31-46(49)61(63)56(54)57(53)62/h9-26,28-32H,27H2,1-8H3. The second-order valence-electron chi connectivity index (χ2n) is 21.7. The second-order valence-corrected chi connectivity index (χ2v) is 22.8. The van der Waals surface area contributed by atoms with Crippen molar-refractivity contribution in [1.29, 1.82) is 0 Å². The quantitative estimate of drug-likeness (QED) is 0.150. The van der Waals surface area contributed by atoms with Crippen molar-refractivity contribution < 1.29 is 0 Å². The van der Waals surface area contributed by atoms with E-state index in [1.807, 2.05) is 11.3 Å². The SMILES string of the molecule is CC(C)(C)c1ccc(N2B3c4cc5c(cc4-n4c6ccc(C(C)(C)C)cc6c6c7c(c(c3c64)-c3cc4c(cc32)Cc2ccccc2-4)C(C)(C)c2ccccc2-7)sc2ccccc25)cc1. The predicted molar refractivity (Wildman–Crippen MR) is 276 cm³/mol. The van der Waals surface area contributed by atoms with Crippen LogP contribution >= 0.6 is 11.3 Å². The van der Waals surface area contributed by atoms with E-state index in [1.165, 1.54) is 137 Å². The summed E-state index contributed by atoms with van der Waals surface area (Å²) >= 11 is 1.93. The van der Waals surface area contributed by atoms with Crippen LogP contribution in [0.5, 0.6) is 0 Å². The number of nitrogens with zero attached hydrogens (tertiary/aromatic N) is 2. The fraction of sp³-hybridized carbons (Fsp3) is 0.200. The molecule has 8 aromatic carbocycles. The van der Waals surface area contributed by atoms with Gasteiger partial charge in [-0.1, -0.05) is 146 Å². The summed E-state index contributed by atoms with van der Waals surface area (Å²) in [4.78, 5) is 2.76. The van der Waals surface area contributed by atoms with E-state index >= 15 is 0 Å². The Kier molecular flexibility index (Phi) is 6.98. The molecule has 0 spiro atoms. The summed E-state index contributed by atoms with van der Waals surface area (Å²) < 4.78 is 5.38. The third-order valence-electron chi connectivity index (χ3n) is 15.6. The van der Waals surface area contributed by atoms with Crippen LogP contribution in [0.1, 0.15) is 88.8 Å². The minimum absolute atomic E-state index is 0.00728. The smallest absolute Gasteiger partial charge is 0.333 e. The highest BCUT2D eigenvalue weighted by Crippen LogP contribution is 2.60. The highest BCUT2D eigenvalue weighted by atomic mass is 32.1. The molecule has 2 aromatic heterocycles. The van der Waals surface area contributed by atoms with Crippen molar-refractivity contribution in [2.75, 3.05) is 4.81 Å². The molecule has 4 heteroatoms. The normalized spacial score (nSPS) is 15.2. The van der Waals surface area contributed by atoms with Gasteiger partial charge >= 0.3 is 6.85 Å². The van der Waals surface area contributed by atoms with Gasteiger partial charge in [0, 0.05) is 59.0 Å². The van der Waals surface area contributed by atoms with Gasteiger partial charge in [0.2, 0.25) is 0 Å². The van der Waals surface area contributed by atoms with Gasteiger partial charge in [-0.2, -0.15) is 0 Å². The zero-order valence-electron chi connectivity index (χ0n) is 37.9. The van der Waals surface area contributed by atoms with Gasteiger partial charge in [0.15, 0.2) is 0 Å². The van der Waals surface area contributed by atoms with Crippen molar-refractivity contribution >= 4 is 82.5 Å². The largest absolute Gasteiger partial charge is 0.376 e. The molecule has 0 amide bonds. The van der Waals surface area contributed by atoms with Gasteiger partial charge < -0.3 is 9.38 Å². The van der Waals surface area contributed by atoms with Gasteiger partial charge in [-0.3, -0.25) is 0 Å².